The first-order valence-electron chi connectivity index (χ1n) is 5.75. The zero-order valence-corrected chi connectivity index (χ0v) is 15.8. The van der Waals surface area contributed by atoms with Crippen molar-refractivity contribution in [2.75, 3.05) is 5.75 Å². The molecule has 1 heterocycles. The Bertz CT molecular complexity index is 484. The third-order valence-electron chi connectivity index (χ3n) is 2.13. The number of hydrogen-bond donors (Lipinski definition) is 1. The van der Waals surface area contributed by atoms with E-state index < -0.39 is 19.5 Å². The minimum atomic E-state index is -3.79. The quantitative estimate of drug-likeness (QED) is 0.358. The van der Waals surface area contributed by atoms with Crippen LogP contribution in [0, 0.1) is 6.92 Å². The number of aromatic nitrogens is 1. The maximum atomic E-state index is 10.4. The average Bonchev–Trinajstić information content (AvgIpc) is 2.23. The first-order valence-corrected chi connectivity index (χ1v) is 14.3. The highest BCUT2D eigenvalue weighted by Gasteiger charge is 2.14. The summed E-state index contributed by atoms with van der Waals surface area (Å²) in [5.41, 5.74) is 1.20. The molecule has 1 aromatic heterocycles. The highest BCUT2D eigenvalue weighted by molar-refractivity contribution is 7.85. The van der Waals surface area contributed by atoms with Crippen LogP contribution in [0.3, 0.4) is 0 Å². The van der Waals surface area contributed by atoms with Crippen molar-refractivity contribution >= 4 is 59.7 Å². The van der Waals surface area contributed by atoms with Crippen molar-refractivity contribution in [2.45, 2.75) is 26.3 Å². The number of aryl methyl sites for hydroxylation is 2. The van der Waals surface area contributed by atoms with Gasteiger partial charge >= 0.3 is 9.39 Å². The maximum absolute atomic E-state index is 10.4. The predicted molar refractivity (Wildman–Crippen MR) is 86.2 cm³/mol. The van der Waals surface area contributed by atoms with Crippen molar-refractivity contribution < 1.29 is 17.5 Å². The molecule has 0 unspecified atom stereocenters. The SMILES string of the molecule is Cc1cc[n+](CCCCS(=O)(=O)O)cc1.[Cl][Al-]([Cl])([Cl])[Cl]. The molecule has 0 amide bonds. The molecule has 0 aliphatic rings. The fraction of sp³-hybridized carbons (Fsp3) is 0.500. The molecule has 0 atom stereocenters. The average molecular weight is 399 g/mol. The molecule has 1 aromatic rings. The van der Waals surface area contributed by atoms with Crippen LogP contribution >= 0.6 is 40.2 Å². The van der Waals surface area contributed by atoms with Crippen LogP contribution in [0.2, 0.25) is 0 Å². The summed E-state index contributed by atoms with van der Waals surface area (Å²) in [4.78, 5) is 0. The van der Waals surface area contributed by atoms with Gasteiger partial charge in [-0.25, -0.2) is 4.57 Å². The fourth-order valence-corrected chi connectivity index (χ4v) is 1.83. The monoisotopic (exact) mass is 397 g/mol. The highest BCUT2D eigenvalue weighted by Crippen LogP contribution is 2.23. The van der Waals surface area contributed by atoms with Crippen molar-refractivity contribution in [1.29, 1.82) is 0 Å². The van der Waals surface area contributed by atoms with E-state index in [1.54, 1.807) is 0 Å². The zero-order valence-electron chi connectivity index (χ0n) is 10.8. The largest absolute Gasteiger partial charge is 0.564 e. The van der Waals surface area contributed by atoms with Gasteiger partial charge in [0.2, 0.25) is 0 Å². The lowest BCUT2D eigenvalue weighted by molar-refractivity contribution is -0.697. The number of rotatable bonds is 5. The third kappa shape index (κ3) is 16.8. The lowest BCUT2D eigenvalue weighted by Crippen LogP contribution is -2.32. The molecular weight excluding hydrogens is 383 g/mol. The first-order chi connectivity index (χ1) is 8.97. The van der Waals surface area contributed by atoms with Gasteiger partial charge in [-0.1, -0.05) is 0 Å². The molecule has 0 saturated heterocycles. The fourth-order valence-electron chi connectivity index (χ4n) is 1.26. The van der Waals surface area contributed by atoms with Crippen LogP contribution in [0.5, 0.6) is 0 Å². The smallest absolute Gasteiger partial charge is 0.391 e. The van der Waals surface area contributed by atoms with E-state index in [-0.39, 0.29) is 5.75 Å². The summed E-state index contributed by atoms with van der Waals surface area (Å²) in [5, 5.41) is 0. The van der Waals surface area contributed by atoms with Gasteiger partial charge in [0.25, 0.3) is 10.1 Å². The normalized spacial score (nSPS) is 11.7. The number of nitrogens with zero attached hydrogens (tertiary/aromatic N) is 1. The molecule has 0 bridgehead atoms. The second-order valence-corrected chi connectivity index (χ2v) is 18.5. The lowest BCUT2D eigenvalue weighted by Gasteiger charge is -1.97. The van der Waals surface area contributed by atoms with E-state index >= 15 is 0 Å². The summed E-state index contributed by atoms with van der Waals surface area (Å²) < 4.78 is 31.4. The summed E-state index contributed by atoms with van der Waals surface area (Å²) in [5.74, 6) is -0.153. The standard InChI is InChI=1S/C10H15NO3S.Al.4ClH/c1-10-4-7-11(8-5-10)6-2-3-9-15(12,13)14;;;;;/h4-5,7-8H,2-3,6,9H2,1H3;;4*1H/q;+3;;;;/p-3. The number of unbranched alkanes of at least 4 members (excludes halogenated alkanes) is 1. The number of hydrogen-bond acceptors (Lipinski definition) is 2. The van der Waals surface area contributed by atoms with Gasteiger partial charge in [-0.05, 0) is 18.9 Å². The van der Waals surface area contributed by atoms with Crippen LogP contribution in [0.1, 0.15) is 18.4 Å². The van der Waals surface area contributed by atoms with Crippen LogP contribution in [0.4, 0.5) is 0 Å². The molecule has 0 saturated carbocycles. The van der Waals surface area contributed by atoms with E-state index in [1.165, 1.54) is 5.56 Å². The minimum Gasteiger partial charge on any atom is -0.391 e. The van der Waals surface area contributed by atoms with E-state index in [0.29, 0.717) is 6.42 Å². The van der Waals surface area contributed by atoms with Gasteiger partial charge in [0, 0.05) is 18.6 Å². The Morgan fingerprint density at radius 1 is 1.15 bits per heavy atom. The van der Waals surface area contributed by atoms with Gasteiger partial charge in [-0.15, -0.1) is 0 Å². The Kier molecular flexibility index (Phi) is 10.1. The van der Waals surface area contributed by atoms with E-state index in [1.807, 2.05) is 36.0 Å². The van der Waals surface area contributed by atoms with Gasteiger partial charge in [0.1, 0.15) is 6.54 Å². The predicted octanol–water partition coefficient (Wildman–Crippen LogP) is 3.33. The molecule has 0 fully saturated rings. The van der Waals surface area contributed by atoms with Gasteiger partial charge in [0.15, 0.2) is 12.4 Å². The zero-order chi connectivity index (χ0) is 15.8. The molecule has 20 heavy (non-hydrogen) atoms. The van der Waals surface area contributed by atoms with Crippen molar-refractivity contribution in [3.8, 4) is 0 Å². The van der Waals surface area contributed by atoms with E-state index in [0.717, 1.165) is 13.0 Å². The highest BCUT2D eigenvalue weighted by atomic mass is 35.9. The van der Waals surface area contributed by atoms with Gasteiger partial charge in [-0.2, -0.15) is 8.42 Å². The lowest BCUT2D eigenvalue weighted by atomic mass is 10.3. The number of halogens is 4. The molecule has 116 valence electrons. The van der Waals surface area contributed by atoms with Gasteiger partial charge < -0.3 is 40.2 Å². The summed E-state index contributed by atoms with van der Waals surface area (Å²) in [6.45, 7) is 2.79. The number of pyridine rings is 1. The Morgan fingerprint density at radius 3 is 2.00 bits per heavy atom. The third-order valence-corrected chi connectivity index (χ3v) is 2.93. The molecule has 0 aliphatic carbocycles. The summed E-state index contributed by atoms with van der Waals surface area (Å²) in [6, 6.07) is 4.01. The Morgan fingerprint density at radius 2 is 1.60 bits per heavy atom. The van der Waals surface area contributed by atoms with Crippen molar-refractivity contribution in [3.63, 3.8) is 0 Å². The molecule has 0 aromatic carbocycles. The van der Waals surface area contributed by atoms with Crippen molar-refractivity contribution in [2.24, 2.45) is 0 Å². The van der Waals surface area contributed by atoms with Crippen LogP contribution < -0.4 is 4.57 Å². The van der Waals surface area contributed by atoms with Crippen LogP contribution in [0.25, 0.3) is 0 Å². The second-order valence-electron chi connectivity index (χ2n) is 4.10. The molecular formula is C10H16AlCl4NO3S. The van der Waals surface area contributed by atoms with Crippen LogP contribution in [-0.4, -0.2) is 28.1 Å². The Labute approximate surface area is 138 Å². The first kappa shape index (κ1) is 20.8. The van der Waals surface area contributed by atoms with Gasteiger partial charge in [0.05, 0.1) is 5.75 Å². The van der Waals surface area contributed by atoms with Crippen molar-refractivity contribution in [1.82, 2.24) is 0 Å². The molecule has 10 heteroatoms. The van der Waals surface area contributed by atoms with E-state index in [4.69, 9.17) is 44.7 Å². The Hall–Kier alpha value is 0.752. The van der Waals surface area contributed by atoms with E-state index in [2.05, 4.69) is 0 Å². The summed E-state index contributed by atoms with van der Waals surface area (Å²) >= 11 is 0. The molecule has 1 N–H and O–H groups in total. The second kappa shape index (κ2) is 9.71. The van der Waals surface area contributed by atoms with Crippen LogP contribution in [0.15, 0.2) is 24.5 Å². The topological polar surface area (TPSA) is 58.2 Å². The maximum Gasteiger partial charge on any atom is 0.564 e. The van der Waals surface area contributed by atoms with Crippen LogP contribution in [-0.2, 0) is 16.7 Å². The Balaban J connectivity index is 0.000000621. The molecule has 0 spiro atoms. The summed E-state index contributed by atoms with van der Waals surface area (Å²) in [6.07, 6.45) is 5.15. The van der Waals surface area contributed by atoms with Gasteiger partial charge in [-0.3, -0.25) is 4.55 Å². The summed E-state index contributed by atoms with van der Waals surface area (Å²) in [7, 11) is 13.2. The molecule has 1 rings (SSSR count). The van der Waals surface area contributed by atoms with E-state index in [9.17, 15) is 8.42 Å². The molecule has 0 aliphatic heterocycles. The minimum absolute atomic E-state index is 0.153. The van der Waals surface area contributed by atoms with Crippen molar-refractivity contribution in [3.05, 3.63) is 30.1 Å². The molecule has 4 nitrogen and oxygen atoms in total. The molecule has 0 radical (unpaired) electrons.